The highest BCUT2D eigenvalue weighted by Crippen LogP contribution is 2.20. The van der Waals surface area contributed by atoms with E-state index in [0.29, 0.717) is 5.69 Å². The summed E-state index contributed by atoms with van der Waals surface area (Å²) in [5.41, 5.74) is 3.18. The molecule has 0 N–H and O–H groups in total. The zero-order valence-corrected chi connectivity index (χ0v) is 10.7. The van der Waals surface area contributed by atoms with Crippen molar-refractivity contribution in [2.45, 2.75) is 13.3 Å². The summed E-state index contributed by atoms with van der Waals surface area (Å²) in [5, 5.41) is 0. The molecule has 2 aromatic heterocycles. The van der Waals surface area contributed by atoms with Crippen LogP contribution in [-0.2, 0) is 18.2 Å². The topological polar surface area (TPSA) is 57.0 Å². The van der Waals surface area contributed by atoms with E-state index in [1.54, 1.807) is 24.0 Å². The fourth-order valence-electron chi connectivity index (χ4n) is 1.76. The third-order valence-corrected chi connectivity index (χ3v) is 2.78. The number of aromatic nitrogens is 3. The molecule has 0 bridgehead atoms. The molecular weight excluding hydrogens is 230 g/mol. The van der Waals surface area contributed by atoms with Gasteiger partial charge in [0.1, 0.15) is 12.0 Å². The van der Waals surface area contributed by atoms with Gasteiger partial charge in [-0.1, -0.05) is 6.92 Å². The molecule has 0 atom stereocenters. The lowest BCUT2D eigenvalue weighted by atomic mass is 10.2. The molecule has 94 valence electrons. The minimum atomic E-state index is -0.353. The van der Waals surface area contributed by atoms with Crippen molar-refractivity contribution in [3.8, 4) is 11.3 Å². The van der Waals surface area contributed by atoms with Crippen LogP contribution < -0.4 is 0 Å². The minimum Gasteiger partial charge on any atom is -0.464 e. The van der Waals surface area contributed by atoms with Crippen molar-refractivity contribution in [3.63, 3.8) is 0 Å². The van der Waals surface area contributed by atoms with Gasteiger partial charge in [-0.3, -0.25) is 0 Å². The molecule has 0 saturated carbocycles. The molecule has 5 nitrogen and oxygen atoms in total. The van der Waals surface area contributed by atoms with Gasteiger partial charge >= 0.3 is 5.97 Å². The summed E-state index contributed by atoms with van der Waals surface area (Å²) in [6.07, 6.45) is 4.25. The largest absolute Gasteiger partial charge is 0.464 e. The first kappa shape index (κ1) is 12.3. The Bertz CT molecular complexity index is 575. The van der Waals surface area contributed by atoms with E-state index in [9.17, 15) is 4.79 Å². The van der Waals surface area contributed by atoms with Crippen molar-refractivity contribution < 1.29 is 9.53 Å². The molecule has 2 rings (SSSR count). The molecule has 2 aromatic rings. The number of hydrogen-bond donors (Lipinski definition) is 0. The molecule has 0 fully saturated rings. The van der Waals surface area contributed by atoms with E-state index in [1.165, 1.54) is 7.11 Å². The van der Waals surface area contributed by atoms with Crippen molar-refractivity contribution in [2.24, 2.45) is 7.05 Å². The lowest BCUT2D eigenvalue weighted by molar-refractivity contribution is 0.0590. The molecule has 5 heteroatoms. The summed E-state index contributed by atoms with van der Waals surface area (Å²) in [6.45, 7) is 2.04. The Balaban J connectivity index is 2.42. The van der Waals surface area contributed by atoms with E-state index in [-0.39, 0.29) is 5.97 Å². The number of rotatable bonds is 3. The monoisotopic (exact) mass is 245 g/mol. The molecule has 0 aliphatic rings. The Morgan fingerprint density at radius 3 is 2.83 bits per heavy atom. The zero-order chi connectivity index (χ0) is 13.1. The highest BCUT2D eigenvalue weighted by atomic mass is 16.5. The number of carbonyl (C=O) groups excluding carboxylic acids is 1. The third-order valence-electron chi connectivity index (χ3n) is 2.78. The molecule has 2 heterocycles. The molecule has 0 aliphatic carbocycles. The Labute approximate surface area is 105 Å². The highest BCUT2D eigenvalue weighted by Gasteiger charge is 2.13. The van der Waals surface area contributed by atoms with E-state index < -0.39 is 0 Å². The summed E-state index contributed by atoms with van der Waals surface area (Å²) in [5.74, 6) is -0.353. The van der Waals surface area contributed by atoms with Crippen LogP contribution in [0.3, 0.4) is 0 Å². The summed E-state index contributed by atoms with van der Waals surface area (Å²) in [4.78, 5) is 19.9. The van der Waals surface area contributed by atoms with E-state index in [1.807, 2.05) is 19.2 Å². The Morgan fingerprint density at radius 2 is 2.17 bits per heavy atom. The summed E-state index contributed by atoms with van der Waals surface area (Å²) in [7, 11) is 3.17. The molecule has 18 heavy (non-hydrogen) atoms. The van der Waals surface area contributed by atoms with Crippen molar-refractivity contribution in [1.82, 2.24) is 14.5 Å². The van der Waals surface area contributed by atoms with Crippen LogP contribution in [0.1, 0.15) is 23.1 Å². The van der Waals surface area contributed by atoms with Crippen molar-refractivity contribution in [3.05, 3.63) is 36.0 Å². The first-order chi connectivity index (χ1) is 8.65. The second-order valence-corrected chi connectivity index (χ2v) is 3.96. The highest BCUT2D eigenvalue weighted by molar-refractivity contribution is 5.89. The van der Waals surface area contributed by atoms with Gasteiger partial charge in [0.2, 0.25) is 0 Å². The Kier molecular flexibility index (Phi) is 3.41. The smallest absolute Gasteiger partial charge is 0.354 e. The van der Waals surface area contributed by atoms with Gasteiger partial charge in [0, 0.05) is 24.5 Å². The second-order valence-electron chi connectivity index (χ2n) is 3.96. The van der Waals surface area contributed by atoms with Gasteiger partial charge in [-0.05, 0) is 18.6 Å². The molecule has 0 saturated heterocycles. The van der Waals surface area contributed by atoms with Gasteiger partial charge in [0.05, 0.1) is 12.8 Å². The van der Waals surface area contributed by atoms with Gasteiger partial charge in [0.15, 0.2) is 0 Å². The van der Waals surface area contributed by atoms with Crippen LogP contribution in [0.2, 0.25) is 0 Å². The average molecular weight is 245 g/mol. The number of methoxy groups -OCH3 is 1. The lowest BCUT2D eigenvalue weighted by Crippen LogP contribution is -2.06. The predicted molar refractivity (Wildman–Crippen MR) is 67.2 cm³/mol. The van der Waals surface area contributed by atoms with Crippen LogP contribution in [-0.4, -0.2) is 27.6 Å². The van der Waals surface area contributed by atoms with Gasteiger partial charge in [-0.2, -0.15) is 0 Å². The molecule has 0 radical (unpaired) electrons. The fraction of sp³-hybridized carbons (Fsp3) is 0.308. The first-order valence-electron chi connectivity index (χ1n) is 5.71. The van der Waals surface area contributed by atoms with Gasteiger partial charge < -0.3 is 9.30 Å². The van der Waals surface area contributed by atoms with Crippen LogP contribution in [0.5, 0.6) is 0 Å². The van der Waals surface area contributed by atoms with Gasteiger partial charge in [0.25, 0.3) is 0 Å². The van der Waals surface area contributed by atoms with Crippen LogP contribution in [0.25, 0.3) is 11.3 Å². The van der Waals surface area contributed by atoms with Crippen LogP contribution in [0.15, 0.2) is 24.7 Å². The predicted octanol–water partition coefficient (Wildman–Crippen LogP) is 1.83. The maximum absolute atomic E-state index is 11.5. The number of carbonyl (C=O) groups is 1. The van der Waals surface area contributed by atoms with Crippen LogP contribution >= 0.6 is 0 Å². The quantitative estimate of drug-likeness (QED) is 0.774. The standard InChI is InChI=1S/C13H15N3O2/c1-4-10-6-11(15-8-14-10)9-5-12(13(17)18-3)16(2)7-9/h5-8H,4H2,1-3H3. The van der Waals surface area contributed by atoms with Crippen LogP contribution in [0, 0.1) is 0 Å². The van der Waals surface area contributed by atoms with Crippen LogP contribution in [0.4, 0.5) is 0 Å². The van der Waals surface area contributed by atoms with Gasteiger partial charge in [-0.25, -0.2) is 14.8 Å². The second kappa shape index (κ2) is 5.00. The van der Waals surface area contributed by atoms with Crippen molar-refractivity contribution in [1.29, 1.82) is 0 Å². The summed E-state index contributed by atoms with van der Waals surface area (Å²) < 4.78 is 6.45. The molecule has 0 amide bonds. The number of hydrogen-bond acceptors (Lipinski definition) is 4. The maximum atomic E-state index is 11.5. The Hall–Kier alpha value is -2.17. The summed E-state index contributed by atoms with van der Waals surface area (Å²) >= 11 is 0. The molecule has 0 unspecified atom stereocenters. The average Bonchev–Trinajstić information content (AvgIpc) is 2.80. The van der Waals surface area contributed by atoms with E-state index in [2.05, 4.69) is 9.97 Å². The number of nitrogens with zero attached hydrogens (tertiary/aromatic N) is 3. The molecule has 0 aromatic carbocycles. The molecule has 0 spiro atoms. The maximum Gasteiger partial charge on any atom is 0.354 e. The first-order valence-corrected chi connectivity index (χ1v) is 5.71. The SMILES string of the molecule is CCc1cc(-c2cc(C(=O)OC)n(C)c2)ncn1. The zero-order valence-electron chi connectivity index (χ0n) is 10.7. The van der Waals surface area contributed by atoms with E-state index in [4.69, 9.17) is 4.74 Å². The summed E-state index contributed by atoms with van der Waals surface area (Å²) in [6, 6.07) is 3.70. The minimum absolute atomic E-state index is 0.353. The van der Waals surface area contributed by atoms with Crippen molar-refractivity contribution in [2.75, 3.05) is 7.11 Å². The number of aryl methyl sites for hydroxylation is 2. The third kappa shape index (κ3) is 2.25. The lowest BCUT2D eigenvalue weighted by Gasteiger charge is -1.98. The van der Waals surface area contributed by atoms with Crippen molar-refractivity contribution >= 4 is 5.97 Å². The Morgan fingerprint density at radius 1 is 1.39 bits per heavy atom. The van der Waals surface area contributed by atoms with E-state index >= 15 is 0 Å². The number of ether oxygens (including phenoxy) is 1. The van der Waals surface area contributed by atoms with Gasteiger partial charge in [-0.15, -0.1) is 0 Å². The fourth-order valence-corrected chi connectivity index (χ4v) is 1.76. The normalized spacial score (nSPS) is 10.4. The molecular formula is C13H15N3O2. The van der Waals surface area contributed by atoms with E-state index in [0.717, 1.165) is 23.4 Å². The molecule has 0 aliphatic heterocycles. The number of esters is 1.